The van der Waals surface area contributed by atoms with Gasteiger partial charge in [-0.3, -0.25) is 4.79 Å². The normalized spacial score (nSPS) is 17.0. The van der Waals surface area contributed by atoms with Gasteiger partial charge in [0.25, 0.3) is 5.91 Å². The second-order valence-corrected chi connectivity index (χ2v) is 6.18. The maximum Gasteiger partial charge on any atom is 0.261 e. The van der Waals surface area contributed by atoms with E-state index in [1.807, 2.05) is 25.1 Å². The van der Waals surface area contributed by atoms with Crippen LogP contribution in [0.5, 0.6) is 5.88 Å². The lowest BCUT2D eigenvalue weighted by atomic mass is 10.2. The first-order valence-electron chi connectivity index (χ1n) is 7.41. The number of benzene rings is 1. The molecule has 2 heterocycles. The zero-order valence-corrected chi connectivity index (χ0v) is 14.3. The lowest BCUT2D eigenvalue weighted by Crippen LogP contribution is -2.20. The predicted octanol–water partition coefficient (Wildman–Crippen LogP) is 3.57. The summed E-state index contributed by atoms with van der Waals surface area (Å²) in [6.45, 7) is 3.15. The third-order valence-corrected chi connectivity index (χ3v) is 4.56. The van der Waals surface area contributed by atoms with Crippen LogP contribution in [0, 0.1) is 6.92 Å². The van der Waals surface area contributed by atoms with Gasteiger partial charge in [-0.15, -0.1) is 0 Å². The van der Waals surface area contributed by atoms with Crippen LogP contribution in [-0.2, 0) is 4.74 Å². The molecule has 1 N–H and O–H groups in total. The molecule has 0 bridgehead atoms. The van der Waals surface area contributed by atoms with Crippen LogP contribution in [0.3, 0.4) is 0 Å². The molecule has 0 aliphatic carbocycles. The van der Waals surface area contributed by atoms with Gasteiger partial charge in [0, 0.05) is 22.8 Å². The summed E-state index contributed by atoms with van der Waals surface area (Å²) in [5.41, 5.74) is 2.14. The summed E-state index contributed by atoms with van der Waals surface area (Å²) in [4.78, 5) is 16.8. The number of rotatable bonds is 4. The Morgan fingerprint density at radius 2 is 2.26 bits per heavy atom. The van der Waals surface area contributed by atoms with Gasteiger partial charge in [0.05, 0.1) is 13.2 Å². The lowest BCUT2D eigenvalue weighted by molar-refractivity contribution is 0.101. The van der Waals surface area contributed by atoms with Crippen LogP contribution in [0.1, 0.15) is 22.3 Å². The van der Waals surface area contributed by atoms with Crippen molar-refractivity contribution in [3.05, 3.63) is 52.1 Å². The fourth-order valence-corrected chi connectivity index (χ4v) is 2.72. The average Bonchev–Trinajstić information content (AvgIpc) is 3.05. The van der Waals surface area contributed by atoms with Gasteiger partial charge in [0.15, 0.2) is 0 Å². The molecule has 0 spiro atoms. The van der Waals surface area contributed by atoms with Gasteiger partial charge >= 0.3 is 0 Å². The van der Waals surface area contributed by atoms with Crippen LogP contribution in [0.25, 0.3) is 0 Å². The molecule has 1 aliphatic heterocycles. The van der Waals surface area contributed by atoms with Gasteiger partial charge in [0.2, 0.25) is 5.88 Å². The number of pyridine rings is 1. The summed E-state index contributed by atoms with van der Waals surface area (Å²) in [5, 5.41) is 2.91. The zero-order chi connectivity index (χ0) is 16.2. The first-order valence-corrected chi connectivity index (χ1v) is 8.20. The molecule has 5 nitrogen and oxygen atoms in total. The van der Waals surface area contributed by atoms with Gasteiger partial charge in [-0.1, -0.05) is 22.0 Å². The molecule has 1 aliphatic rings. The smallest absolute Gasteiger partial charge is 0.261 e. The molecule has 23 heavy (non-hydrogen) atoms. The third kappa shape index (κ3) is 3.71. The van der Waals surface area contributed by atoms with Gasteiger partial charge < -0.3 is 14.8 Å². The monoisotopic (exact) mass is 376 g/mol. The summed E-state index contributed by atoms with van der Waals surface area (Å²) in [7, 11) is 0. The van der Waals surface area contributed by atoms with Crippen molar-refractivity contribution < 1.29 is 14.3 Å². The summed E-state index contributed by atoms with van der Waals surface area (Å²) in [6.07, 6.45) is 2.37. The number of carbonyl (C=O) groups excluding carboxylic acids is 1. The van der Waals surface area contributed by atoms with Crippen molar-refractivity contribution in [2.24, 2.45) is 0 Å². The Labute approximate surface area is 143 Å². The SMILES string of the molecule is Cc1c(Br)cccc1NC(=O)c1cccnc1OC1CCOC1. The van der Waals surface area contributed by atoms with Crippen molar-refractivity contribution in [1.82, 2.24) is 4.98 Å². The fraction of sp³-hybridized carbons (Fsp3) is 0.294. The van der Waals surface area contributed by atoms with E-state index in [1.165, 1.54) is 0 Å². The predicted molar refractivity (Wildman–Crippen MR) is 90.9 cm³/mol. The maximum atomic E-state index is 12.6. The van der Waals surface area contributed by atoms with Crippen LogP contribution < -0.4 is 10.1 Å². The van der Waals surface area contributed by atoms with E-state index in [0.717, 1.165) is 22.1 Å². The van der Waals surface area contributed by atoms with Crippen molar-refractivity contribution in [3.63, 3.8) is 0 Å². The Kier molecular flexibility index (Phi) is 4.93. The van der Waals surface area contributed by atoms with Crippen molar-refractivity contribution >= 4 is 27.5 Å². The molecule has 120 valence electrons. The van der Waals surface area contributed by atoms with Crippen LogP contribution in [0.2, 0.25) is 0 Å². The Hall–Kier alpha value is -1.92. The van der Waals surface area contributed by atoms with Gasteiger partial charge in [0.1, 0.15) is 11.7 Å². The second-order valence-electron chi connectivity index (χ2n) is 5.33. The quantitative estimate of drug-likeness (QED) is 0.885. The standard InChI is InChI=1S/C17H17BrN2O3/c1-11-14(18)5-2-6-15(11)20-16(21)13-4-3-8-19-17(13)23-12-7-9-22-10-12/h2-6,8,12H,7,9-10H2,1H3,(H,20,21). The highest BCUT2D eigenvalue weighted by Gasteiger charge is 2.21. The van der Waals surface area contributed by atoms with Crippen molar-refractivity contribution in [2.45, 2.75) is 19.4 Å². The van der Waals surface area contributed by atoms with Gasteiger partial charge in [-0.25, -0.2) is 4.98 Å². The molecule has 1 aromatic heterocycles. The molecule has 1 amide bonds. The molecule has 1 atom stereocenters. The molecule has 1 unspecified atom stereocenters. The highest BCUT2D eigenvalue weighted by atomic mass is 79.9. The zero-order valence-electron chi connectivity index (χ0n) is 12.7. The van der Waals surface area contributed by atoms with Crippen molar-refractivity contribution in [3.8, 4) is 5.88 Å². The molecule has 1 saturated heterocycles. The number of nitrogens with one attached hydrogen (secondary N) is 1. The molecule has 6 heteroatoms. The topological polar surface area (TPSA) is 60.5 Å². The highest BCUT2D eigenvalue weighted by Crippen LogP contribution is 2.25. The van der Waals surface area contributed by atoms with E-state index in [1.54, 1.807) is 18.3 Å². The van der Waals surface area contributed by atoms with Crippen LogP contribution >= 0.6 is 15.9 Å². The summed E-state index contributed by atoms with van der Waals surface area (Å²) in [5.74, 6) is 0.0985. The van der Waals surface area contributed by atoms with E-state index in [9.17, 15) is 4.79 Å². The first kappa shape index (κ1) is 16.0. The number of hydrogen-bond donors (Lipinski definition) is 1. The largest absolute Gasteiger partial charge is 0.471 e. The first-order chi connectivity index (χ1) is 11.1. The number of halogens is 1. The van der Waals surface area contributed by atoms with Crippen LogP contribution in [0.15, 0.2) is 41.0 Å². The number of anilines is 1. The Balaban J connectivity index is 1.80. The van der Waals surface area contributed by atoms with Crippen molar-refractivity contribution in [1.29, 1.82) is 0 Å². The van der Waals surface area contributed by atoms with Crippen LogP contribution in [0.4, 0.5) is 5.69 Å². The molecular weight excluding hydrogens is 360 g/mol. The fourth-order valence-electron chi connectivity index (χ4n) is 2.35. The highest BCUT2D eigenvalue weighted by molar-refractivity contribution is 9.10. The number of ether oxygens (including phenoxy) is 2. The van der Waals surface area contributed by atoms with E-state index < -0.39 is 0 Å². The minimum Gasteiger partial charge on any atom is -0.471 e. The van der Waals surface area contributed by atoms with Gasteiger partial charge in [-0.2, -0.15) is 0 Å². The van der Waals surface area contributed by atoms with Crippen molar-refractivity contribution in [2.75, 3.05) is 18.5 Å². The third-order valence-electron chi connectivity index (χ3n) is 3.70. The summed E-state index contributed by atoms with van der Waals surface area (Å²) >= 11 is 3.46. The number of amides is 1. The van der Waals surface area contributed by atoms with E-state index in [4.69, 9.17) is 9.47 Å². The second kappa shape index (κ2) is 7.10. The van der Waals surface area contributed by atoms with E-state index in [-0.39, 0.29) is 12.0 Å². The summed E-state index contributed by atoms with van der Waals surface area (Å²) in [6, 6.07) is 9.11. The molecule has 3 rings (SSSR count). The molecule has 1 fully saturated rings. The number of carbonyl (C=O) groups is 1. The molecule has 2 aromatic rings. The van der Waals surface area contributed by atoms with E-state index in [2.05, 4.69) is 26.2 Å². The minimum absolute atomic E-state index is 0.0518. The molecule has 0 radical (unpaired) electrons. The van der Waals surface area contributed by atoms with E-state index in [0.29, 0.717) is 24.7 Å². The molecular formula is C17H17BrN2O3. The molecule has 1 aromatic carbocycles. The lowest BCUT2D eigenvalue weighted by Gasteiger charge is -2.15. The summed E-state index contributed by atoms with van der Waals surface area (Å²) < 4.78 is 12.1. The Morgan fingerprint density at radius 1 is 1.39 bits per heavy atom. The van der Waals surface area contributed by atoms with Gasteiger partial charge in [-0.05, 0) is 36.8 Å². The minimum atomic E-state index is -0.242. The maximum absolute atomic E-state index is 12.6. The number of aromatic nitrogens is 1. The van der Waals surface area contributed by atoms with E-state index >= 15 is 0 Å². The average molecular weight is 377 g/mol. The number of hydrogen-bond acceptors (Lipinski definition) is 4. The Morgan fingerprint density at radius 3 is 3.04 bits per heavy atom. The van der Waals surface area contributed by atoms with Crippen LogP contribution in [-0.4, -0.2) is 30.2 Å². The Bertz CT molecular complexity index is 715. The number of nitrogens with zero attached hydrogens (tertiary/aromatic N) is 1. The molecule has 0 saturated carbocycles.